The van der Waals surface area contributed by atoms with Gasteiger partial charge in [-0.2, -0.15) is 0 Å². The fourth-order valence-corrected chi connectivity index (χ4v) is 1.21. The van der Waals surface area contributed by atoms with Crippen LogP contribution < -0.4 is 11.1 Å². The van der Waals surface area contributed by atoms with Gasteiger partial charge < -0.3 is 16.0 Å². The first kappa shape index (κ1) is 12.4. The van der Waals surface area contributed by atoms with E-state index >= 15 is 0 Å². The molecule has 2 amide bonds. The lowest BCUT2D eigenvalue weighted by Crippen LogP contribution is -2.33. The van der Waals surface area contributed by atoms with Gasteiger partial charge in [-0.15, -0.1) is 0 Å². The second kappa shape index (κ2) is 6.07. The van der Waals surface area contributed by atoms with Crippen LogP contribution >= 0.6 is 12.2 Å². The van der Waals surface area contributed by atoms with E-state index in [9.17, 15) is 4.79 Å². The van der Waals surface area contributed by atoms with Crippen molar-refractivity contribution in [3.63, 3.8) is 0 Å². The van der Waals surface area contributed by atoms with Gasteiger partial charge in [-0.1, -0.05) is 30.4 Å². The van der Waals surface area contributed by atoms with E-state index in [0.717, 1.165) is 5.69 Å². The van der Waals surface area contributed by atoms with E-state index in [1.807, 2.05) is 30.3 Å². The van der Waals surface area contributed by atoms with Crippen LogP contribution in [0.25, 0.3) is 0 Å². The third kappa shape index (κ3) is 4.27. The van der Waals surface area contributed by atoms with Crippen LogP contribution in [0.15, 0.2) is 30.3 Å². The van der Waals surface area contributed by atoms with E-state index in [1.54, 1.807) is 11.9 Å². The Hall–Kier alpha value is -1.62. The Kier molecular flexibility index (Phi) is 4.72. The molecule has 0 saturated heterocycles. The van der Waals surface area contributed by atoms with Gasteiger partial charge in [0.25, 0.3) is 0 Å². The maximum Gasteiger partial charge on any atom is 0.321 e. The average molecular weight is 237 g/mol. The minimum absolute atomic E-state index is 0.164. The van der Waals surface area contributed by atoms with Crippen LogP contribution in [0.3, 0.4) is 0 Å². The lowest BCUT2D eigenvalue weighted by molar-refractivity contribution is 0.223. The average Bonchev–Trinajstić information content (AvgIpc) is 2.27. The van der Waals surface area contributed by atoms with Crippen molar-refractivity contribution in [3.05, 3.63) is 30.3 Å². The van der Waals surface area contributed by atoms with Crippen molar-refractivity contribution < 1.29 is 4.79 Å². The van der Waals surface area contributed by atoms with Crippen LogP contribution in [-0.2, 0) is 0 Å². The summed E-state index contributed by atoms with van der Waals surface area (Å²) in [5.74, 6) is 0. The highest BCUT2D eigenvalue weighted by Crippen LogP contribution is 2.05. The van der Waals surface area contributed by atoms with Gasteiger partial charge >= 0.3 is 6.03 Å². The zero-order valence-corrected chi connectivity index (χ0v) is 9.96. The summed E-state index contributed by atoms with van der Waals surface area (Å²) in [5.41, 5.74) is 6.14. The van der Waals surface area contributed by atoms with Crippen LogP contribution in [0.5, 0.6) is 0 Å². The number of amides is 2. The predicted molar refractivity (Wildman–Crippen MR) is 69.5 cm³/mol. The standard InChI is InChI=1S/C11H15N3OS/c1-14(8-7-10(12)16)11(15)13-9-5-3-2-4-6-9/h2-6H,7-8H2,1H3,(H2,12,16)(H,13,15). The maximum absolute atomic E-state index is 11.7. The number of carbonyl (C=O) groups excluding carboxylic acids is 1. The molecule has 1 aromatic carbocycles. The van der Waals surface area contributed by atoms with Gasteiger partial charge in [-0.25, -0.2) is 4.79 Å². The molecule has 0 heterocycles. The summed E-state index contributed by atoms with van der Waals surface area (Å²) in [6, 6.07) is 9.13. The predicted octanol–water partition coefficient (Wildman–Crippen LogP) is 1.83. The molecule has 0 radical (unpaired) electrons. The van der Waals surface area contributed by atoms with Crippen LogP contribution in [-0.4, -0.2) is 29.5 Å². The molecule has 3 N–H and O–H groups in total. The number of nitrogens with one attached hydrogen (secondary N) is 1. The van der Waals surface area contributed by atoms with Crippen molar-refractivity contribution in [1.29, 1.82) is 0 Å². The summed E-state index contributed by atoms with van der Waals surface area (Å²) in [5, 5.41) is 2.77. The molecular weight excluding hydrogens is 222 g/mol. The summed E-state index contributed by atoms with van der Waals surface area (Å²) in [6.07, 6.45) is 0.536. The Morgan fingerprint density at radius 2 is 2.06 bits per heavy atom. The van der Waals surface area contributed by atoms with Gasteiger partial charge in [0.2, 0.25) is 0 Å². The molecule has 1 rings (SSSR count). The SMILES string of the molecule is CN(CCC(N)=S)C(=O)Nc1ccccc1. The zero-order valence-electron chi connectivity index (χ0n) is 9.14. The summed E-state index contributed by atoms with van der Waals surface area (Å²) >= 11 is 4.75. The second-order valence-corrected chi connectivity index (χ2v) is 3.96. The largest absolute Gasteiger partial charge is 0.393 e. The first-order chi connectivity index (χ1) is 7.59. The third-order valence-electron chi connectivity index (χ3n) is 2.07. The van der Waals surface area contributed by atoms with Gasteiger partial charge in [0.15, 0.2) is 0 Å². The molecule has 0 atom stereocenters. The molecule has 0 spiro atoms. The highest BCUT2D eigenvalue weighted by atomic mass is 32.1. The molecule has 0 fully saturated rings. The highest BCUT2D eigenvalue weighted by molar-refractivity contribution is 7.80. The molecular formula is C11H15N3OS. The number of thiocarbonyl (C=S) groups is 1. The molecule has 86 valence electrons. The highest BCUT2D eigenvalue weighted by Gasteiger charge is 2.08. The number of para-hydroxylation sites is 1. The van der Waals surface area contributed by atoms with Gasteiger partial charge in [-0.05, 0) is 12.1 Å². The number of benzene rings is 1. The van der Waals surface area contributed by atoms with E-state index in [-0.39, 0.29) is 6.03 Å². The van der Waals surface area contributed by atoms with Crippen LogP contribution in [0.2, 0.25) is 0 Å². The number of anilines is 1. The first-order valence-corrected chi connectivity index (χ1v) is 5.36. The number of carbonyl (C=O) groups is 1. The fourth-order valence-electron chi connectivity index (χ4n) is 1.12. The molecule has 0 unspecified atom stereocenters. The van der Waals surface area contributed by atoms with Crippen LogP contribution in [0.1, 0.15) is 6.42 Å². The smallest absolute Gasteiger partial charge is 0.321 e. The Morgan fingerprint density at radius 1 is 1.44 bits per heavy atom. The summed E-state index contributed by atoms with van der Waals surface area (Å²) < 4.78 is 0. The Labute approximate surface area is 100 Å². The van der Waals surface area contributed by atoms with E-state index in [0.29, 0.717) is 18.0 Å². The Bertz CT molecular complexity index is 367. The minimum atomic E-state index is -0.164. The second-order valence-electron chi connectivity index (χ2n) is 3.43. The molecule has 0 aliphatic heterocycles. The normalized spacial score (nSPS) is 9.56. The lowest BCUT2D eigenvalue weighted by atomic mass is 10.3. The van der Waals surface area contributed by atoms with Gasteiger partial charge in [0.1, 0.15) is 0 Å². The van der Waals surface area contributed by atoms with Crippen LogP contribution in [0.4, 0.5) is 10.5 Å². The zero-order chi connectivity index (χ0) is 12.0. The van der Waals surface area contributed by atoms with Gasteiger partial charge in [-0.3, -0.25) is 0 Å². The molecule has 1 aromatic rings. The van der Waals surface area contributed by atoms with Crippen molar-refractivity contribution in [2.45, 2.75) is 6.42 Å². The number of urea groups is 1. The molecule has 0 aliphatic rings. The maximum atomic E-state index is 11.7. The number of hydrogen-bond acceptors (Lipinski definition) is 2. The van der Waals surface area contributed by atoms with Crippen molar-refractivity contribution in [2.24, 2.45) is 5.73 Å². The molecule has 16 heavy (non-hydrogen) atoms. The first-order valence-electron chi connectivity index (χ1n) is 4.95. The lowest BCUT2D eigenvalue weighted by Gasteiger charge is -2.17. The Morgan fingerprint density at radius 3 is 2.62 bits per heavy atom. The topological polar surface area (TPSA) is 58.4 Å². The fraction of sp³-hybridized carbons (Fsp3) is 0.273. The van der Waals surface area contributed by atoms with Crippen molar-refractivity contribution in [3.8, 4) is 0 Å². The molecule has 0 aromatic heterocycles. The van der Waals surface area contributed by atoms with Crippen molar-refractivity contribution in [1.82, 2.24) is 4.90 Å². The van der Waals surface area contributed by atoms with E-state index < -0.39 is 0 Å². The van der Waals surface area contributed by atoms with Crippen molar-refractivity contribution >= 4 is 28.9 Å². The van der Waals surface area contributed by atoms with Crippen LogP contribution in [0, 0.1) is 0 Å². The summed E-state index contributed by atoms with van der Waals surface area (Å²) in [7, 11) is 1.70. The summed E-state index contributed by atoms with van der Waals surface area (Å²) in [4.78, 5) is 13.6. The summed E-state index contributed by atoms with van der Waals surface area (Å²) in [6.45, 7) is 0.522. The molecule has 4 nitrogen and oxygen atoms in total. The van der Waals surface area contributed by atoms with Gasteiger partial charge in [0, 0.05) is 25.7 Å². The third-order valence-corrected chi connectivity index (χ3v) is 2.27. The van der Waals surface area contributed by atoms with Gasteiger partial charge in [0.05, 0.1) is 4.99 Å². The van der Waals surface area contributed by atoms with Crippen molar-refractivity contribution in [2.75, 3.05) is 18.9 Å². The number of rotatable bonds is 4. The monoisotopic (exact) mass is 237 g/mol. The minimum Gasteiger partial charge on any atom is -0.393 e. The quantitative estimate of drug-likeness (QED) is 0.785. The number of hydrogen-bond donors (Lipinski definition) is 2. The molecule has 5 heteroatoms. The van der Waals surface area contributed by atoms with E-state index in [4.69, 9.17) is 18.0 Å². The molecule has 0 saturated carbocycles. The molecule has 0 aliphatic carbocycles. The van der Waals surface area contributed by atoms with E-state index in [1.165, 1.54) is 0 Å². The number of nitrogens with two attached hydrogens (primary N) is 1. The Balaban J connectivity index is 2.43. The number of nitrogens with zero attached hydrogens (tertiary/aromatic N) is 1. The van der Waals surface area contributed by atoms with E-state index in [2.05, 4.69) is 5.32 Å². The molecule has 0 bridgehead atoms.